The van der Waals surface area contributed by atoms with E-state index in [0.717, 1.165) is 25.7 Å². The van der Waals surface area contributed by atoms with Crippen molar-refractivity contribution in [3.8, 4) is 5.75 Å². The molecule has 340 valence electrons. The largest absolute Gasteiger partial charge is 0.745 e. The molecular formula is C33H32F8NO16S3-. The number of alkyl halides is 8. The van der Waals surface area contributed by atoms with Crippen LogP contribution in [0.4, 0.5) is 35.1 Å². The van der Waals surface area contributed by atoms with Crippen molar-refractivity contribution in [1.82, 2.24) is 4.47 Å². The number of rotatable bonds is 14. The predicted molar refractivity (Wildman–Crippen MR) is 183 cm³/mol. The molecular weight excluding hydrogens is 915 g/mol. The normalized spacial score (nSPS) is 30.1. The second-order valence-corrected chi connectivity index (χ2v) is 19.4. The number of carbonyl (C=O) groups is 5. The Labute approximate surface area is 343 Å². The number of esters is 4. The van der Waals surface area contributed by atoms with Crippen molar-refractivity contribution < 1.29 is 104 Å². The Morgan fingerprint density at radius 1 is 0.852 bits per heavy atom. The Kier molecular flexibility index (Phi) is 12.0. The molecule has 5 fully saturated rings. The summed E-state index contributed by atoms with van der Waals surface area (Å²) in [5.74, 6) is -20.3. The predicted octanol–water partition coefficient (Wildman–Crippen LogP) is 4.85. The molecule has 0 aromatic heterocycles. The van der Waals surface area contributed by atoms with Crippen LogP contribution in [-0.4, -0.2) is 100 Å². The van der Waals surface area contributed by atoms with Gasteiger partial charge in [0.1, 0.15) is 24.1 Å². The van der Waals surface area contributed by atoms with Crippen LogP contribution in [0.15, 0.2) is 18.2 Å². The van der Waals surface area contributed by atoms with Crippen molar-refractivity contribution in [1.29, 1.82) is 0 Å². The van der Waals surface area contributed by atoms with Gasteiger partial charge in [-0.1, -0.05) is 13.3 Å². The van der Waals surface area contributed by atoms with Crippen LogP contribution >= 0.6 is 11.9 Å². The maximum Gasteiger partial charge on any atom is 0.466 e. The number of nitrogens with zero attached hydrogens (tertiary/aromatic N) is 1. The fourth-order valence-electron chi connectivity index (χ4n) is 9.07. The minimum atomic E-state index is -7.30. The molecule has 8 atom stereocenters. The number of fused-ring (bicyclic) bond motifs is 3. The number of carbonyl (C=O) groups excluding carboxylic acids is 5. The van der Waals surface area contributed by atoms with Gasteiger partial charge in [-0.2, -0.15) is 52.0 Å². The fraction of sp³-hybridized carbons (Fsp3) is 0.667. The number of halogens is 8. The average Bonchev–Trinajstić information content (AvgIpc) is 3.77. The van der Waals surface area contributed by atoms with Gasteiger partial charge in [0.25, 0.3) is 5.91 Å². The average molecular weight is 947 g/mol. The number of hydrogen-bond acceptors (Lipinski definition) is 15. The first kappa shape index (κ1) is 46.6. The zero-order chi connectivity index (χ0) is 45.6. The van der Waals surface area contributed by atoms with Crippen LogP contribution in [0.3, 0.4) is 0 Å². The topological polar surface area (TPSA) is 257 Å². The molecule has 1 aromatic rings. The molecule has 4 aliphatic carbocycles. The number of ether oxygens (including phenoxy) is 4. The smallest absolute Gasteiger partial charge is 0.466 e. The number of hydroxylamine groups is 1. The third-order valence-corrected chi connectivity index (χ3v) is 14.2. The van der Waals surface area contributed by atoms with E-state index in [1.54, 1.807) is 0 Å². The Bertz CT molecular complexity index is 2220. The van der Waals surface area contributed by atoms with Gasteiger partial charge in [-0.3, -0.25) is 23.5 Å². The van der Waals surface area contributed by atoms with E-state index in [2.05, 4.69) is 11.7 Å². The summed E-state index contributed by atoms with van der Waals surface area (Å²) in [6.07, 6.45) is 2.01. The molecule has 2 N–H and O–H groups in total. The van der Waals surface area contributed by atoms with E-state index in [9.17, 15) is 81.1 Å². The van der Waals surface area contributed by atoms with Crippen molar-refractivity contribution in [2.75, 3.05) is 0 Å². The number of amides is 1. The summed E-state index contributed by atoms with van der Waals surface area (Å²) in [5.41, 5.74) is -2.71. The fourth-order valence-corrected chi connectivity index (χ4v) is 10.5. The van der Waals surface area contributed by atoms with Crippen LogP contribution in [0, 0.1) is 46.6 Å². The van der Waals surface area contributed by atoms with E-state index >= 15 is 0 Å². The highest BCUT2D eigenvalue weighted by Gasteiger charge is 2.78. The molecule has 1 aromatic carbocycles. The van der Waals surface area contributed by atoms with E-state index in [1.807, 2.05) is 0 Å². The first-order valence-electron chi connectivity index (χ1n) is 18.1. The van der Waals surface area contributed by atoms with Gasteiger partial charge < -0.3 is 28.6 Å². The third-order valence-electron chi connectivity index (χ3n) is 11.7. The van der Waals surface area contributed by atoms with E-state index in [1.165, 1.54) is 0 Å². The van der Waals surface area contributed by atoms with E-state index in [4.69, 9.17) is 23.3 Å². The van der Waals surface area contributed by atoms with Gasteiger partial charge in [0.05, 0.1) is 17.4 Å². The summed E-state index contributed by atoms with van der Waals surface area (Å²) in [7, 11) is -13.9. The quantitative estimate of drug-likeness (QED) is 0.0480. The van der Waals surface area contributed by atoms with Gasteiger partial charge in [0.2, 0.25) is 0 Å². The Morgan fingerprint density at radius 2 is 1.44 bits per heavy atom. The van der Waals surface area contributed by atoms with Crippen LogP contribution in [0.5, 0.6) is 5.75 Å². The lowest BCUT2D eigenvalue weighted by Crippen LogP contribution is -2.57. The van der Waals surface area contributed by atoms with Gasteiger partial charge >= 0.3 is 65.8 Å². The summed E-state index contributed by atoms with van der Waals surface area (Å²) < 4.78 is 192. The van der Waals surface area contributed by atoms with Crippen LogP contribution in [0.25, 0.3) is 0 Å². The standard InChI is InChI=1S/C33H32F8NO16S3/c1-2-12-3-13-5-14(4-12)7-17(6-13)55-27(45)21-19-11-20-22(21)28(46)58-24(20)23(19)57-26(44)16-8-15(9-18(10-16)56-29(47)30(34,35)60(49,50)51)25(43)42(48)59-32(38,39)31(36,37)33(40,41)61(52,53)54/h8-10,12-14,17,19-24H,2-7,11H2,1H3,(H,49,50,51)(H,52,53,54)/q-1. The maximum absolute atomic E-state index is 14.3. The van der Waals surface area contributed by atoms with Crippen molar-refractivity contribution in [3.63, 3.8) is 0 Å². The molecule has 0 radical (unpaired) electrons. The van der Waals surface area contributed by atoms with Crippen molar-refractivity contribution in [2.24, 2.45) is 41.4 Å². The Hall–Kier alpha value is -3.86. The van der Waals surface area contributed by atoms with E-state index < -0.39 is 147 Å². The minimum absolute atomic E-state index is 0.0274. The maximum atomic E-state index is 14.3. The van der Waals surface area contributed by atoms with Gasteiger partial charge in [-0.05, 0) is 74.5 Å². The number of hydrogen-bond donors (Lipinski definition) is 2. The lowest BCUT2D eigenvalue weighted by molar-refractivity contribution is -0.243. The van der Waals surface area contributed by atoms with E-state index in [0.29, 0.717) is 30.6 Å². The monoisotopic (exact) mass is 946 g/mol. The molecule has 61 heavy (non-hydrogen) atoms. The second kappa shape index (κ2) is 15.7. The molecule has 1 heterocycles. The molecule has 1 saturated heterocycles. The second-order valence-electron chi connectivity index (χ2n) is 15.5. The van der Waals surface area contributed by atoms with Crippen LogP contribution in [0.2, 0.25) is 0 Å². The first-order valence-corrected chi connectivity index (χ1v) is 21.7. The molecule has 5 aliphatic rings. The van der Waals surface area contributed by atoms with Crippen LogP contribution in [-0.2, 0) is 48.8 Å². The molecule has 1 aliphatic heterocycles. The molecule has 17 nitrogen and oxygen atoms in total. The molecule has 1 amide bonds. The Balaban J connectivity index is 1.26. The highest BCUT2D eigenvalue weighted by molar-refractivity contribution is 7.98. The van der Waals surface area contributed by atoms with Gasteiger partial charge in [-0.15, -0.1) is 0 Å². The van der Waals surface area contributed by atoms with Crippen molar-refractivity contribution in [2.45, 2.75) is 91.9 Å². The van der Waals surface area contributed by atoms with Crippen molar-refractivity contribution in [3.05, 3.63) is 34.5 Å². The molecule has 4 bridgehead atoms. The van der Waals surface area contributed by atoms with Crippen molar-refractivity contribution >= 4 is 62.0 Å². The SMILES string of the molecule is CCC1CC2CC(C1)CC(OC(=O)C1C3CC4C(OC(=O)C41)C3OC(=O)c1cc(OC(=O)C(F)(F)S(=O)(=O)O)cc(C(=O)N([O-])SC(F)(F)C(F)(F)C(F)(F)S(=O)(=O)O)c1)C2. The summed E-state index contributed by atoms with van der Waals surface area (Å²) >= 11 is -2.30. The highest BCUT2D eigenvalue weighted by atomic mass is 32.2. The van der Waals surface area contributed by atoms with Gasteiger partial charge in [0, 0.05) is 29.3 Å². The first-order chi connectivity index (χ1) is 27.9. The molecule has 4 saturated carbocycles. The summed E-state index contributed by atoms with van der Waals surface area (Å²) in [6, 6.07) is 0.420. The zero-order valence-corrected chi connectivity index (χ0v) is 33.2. The third kappa shape index (κ3) is 8.26. The van der Waals surface area contributed by atoms with Gasteiger partial charge in [-0.25, -0.2) is 9.59 Å². The van der Waals surface area contributed by atoms with E-state index in [-0.39, 0.29) is 24.6 Å². The highest BCUT2D eigenvalue weighted by Crippen LogP contribution is 2.60. The summed E-state index contributed by atoms with van der Waals surface area (Å²) in [4.78, 5) is 65.3. The van der Waals surface area contributed by atoms with Crippen LogP contribution in [0.1, 0.15) is 72.6 Å². The zero-order valence-electron chi connectivity index (χ0n) is 30.8. The van der Waals surface area contributed by atoms with Crippen LogP contribution < -0.4 is 4.74 Å². The minimum Gasteiger partial charge on any atom is -0.745 e. The molecule has 0 spiro atoms. The van der Waals surface area contributed by atoms with Gasteiger partial charge in [0.15, 0.2) is 0 Å². The Morgan fingerprint density at radius 3 is 2.00 bits per heavy atom. The lowest BCUT2D eigenvalue weighted by Gasteiger charge is -2.42. The summed E-state index contributed by atoms with van der Waals surface area (Å²) in [6.45, 7) is 2.10. The molecule has 8 unspecified atom stereocenters. The summed E-state index contributed by atoms with van der Waals surface area (Å²) in [5, 5.41) is -6.90. The molecule has 28 heteroatoms. The molecule has 6 rings (SSSR count). The lowest BCUT2D eigenvalue weighted by atomic mass is 9.66. The number of benzene rings is 1.